The Morgan fingerprint density at radius 1 is 0.861 bits per heavy atom. The Balaban J connectivity index is 1.37. The monoisotopic (exact) mass is 478 g/mol. The summed E-state index contributed by atoms with van der Waals surface area (Å²) in [5, 5.41) is 2.35. The van der Waals surface area contributed by atoms with Crippen LogP contribution in [-0.4, -0.2) is 47.9 Å². The fourth-order valence-electron chi connectivity index (χ4n) is 4.92. The van der Waals surface area contributed by atoms with Gasteiger partial charge in [0.2, 0.25) is 5.91 Å². The molecule has 1 aliphatic rings. The number of benzene rings is 4. The van der Waals surface area contributed by atoms with E-state index in [2.05, 4.69) is 42.5 Å². The van der Waals surface area contributed by atoms with Crippen LogP contribution in [0.4, 0.5) is 0 Å². The van der Waals surface area contributed by atoms with Crippen molar-refractivity contribution in [2.45, 2.75) is 25.4 Å². The third kappa shape index (κ3) is 5.25. The summed E-state index contributed by atoms with van der Waals surface area (Å²) >= 11 is 0. The first-order valence-electron chi connectivity index (χ1n) is 12.3. The number of carbonyl (C=O) groups is 2. The average Bonchev–Trinajstić information content (AvgIpc) is 2.93. The summed E-state index contributed by atoms with van der Waals surface area (Å²) in [5.41, 5.74) is 2.89. The van der Waals surface area contributed by atoms with Crippen molar-refractivity contribution < 1.29 is 14.3 Å². The van der Waals surface area contributed by atoms with Crippen LogP contribution in [0.15, 0.2) is 97.1 Å². The van der Waals surface area contributed by atoms with Gasteiger partial charge in [0, 0.05) is 18.7 Å². The zero-order valence-corrected chi connectivity index (χ0v) is 20.5. The highest BCUT2D eigenvalue weighted by Gasteiger charge is 2.34. The smallest absolute Gasteiger partial charge is 0.254 e. The number of nitrogens with zero attached hydrogens (tertiary/aromatic N) is 2. The van der Waals surface area contributed by atoms with Gasteiger partial charge in [-0.2, -0.15) is 0 Å². The van der Waals surface area contributed by atoms with E-state index in [1.54, 1.807) is 36.3 Å². The predicted octanol–water partition coefficient (Wildman–Crippen LogP) is 5.33. The first-order chi connectivity index (χ1) is 17.6. The van der Waals surface area contributed by atoms with Gasteiger partial charge < -0.3 is 14.5 Å². The van der Waals surface area contributed by atoms with Gasteiger partial charge in [-0.05, 0) is 65.1 Å². The fourth-order valence-corrected chi connectivity index (χ4v) is 4.92. The van der Waals surface area contributed by atoms with E-state index in [4.69, 9.17) is 4.74 Å². The quantitative estimate of drug-likeness (QED) is 0.361. The number of amides is 2. The SMILES string of the molecule is COc1ccc(C(=O)N2CC(=O)N(Cc3ccc4ccccc4c3)[C@@H](CCc3ccccc3)C2)cc1. The van der Waals surface area contributed by atoms with Crippen LogP contribution in [0.2, 0.25) is 0 Å². The number of methoxy groups -OCH3 is 1. The van der Waals surface area contributed by atoms with Crippen LogP contribution < -0.4 is 4.74 Å². The van der Waals surface area contributed by atoms with Crippen molar-refractivity contribution in [3.8, 4) is 5.75 Å². The highest BCUT2D eigenvalue weighted by Crippen LogP contribution is 2.24. The Morgan fingerprint density at radius 2 is 1.58 bits per heavy atom. The third-order valence-electron chi connectivity index (χ3n) is 6.92. The molecule has 5 nitrogen and oxygen atoms in total. The van der Waals surface area contributed by atoms with E-state index in [0.29, 0.717) is 24.4 Å². The molecule has 36 heavy (non-hydrogen) atoms. The van der Waals surface area contributed by atoms with Gasteiger partial charge in [0.05, 0.1) is 13.2 Å². The molecule has 0 N–H and O–H groups in total. The molecule has 0 unspecified atom stereocenters. The number of rotatable bonds is 7. The standard InChI is InChI=1S/C31H30N2O3/c1-36-29-17-14-26(15-18-29)31(35)32-21-28(16-12-23-7-3-2-4-8-23)33(30(34)22-32)20-24-11-13-25-9-5-6-10-27(25)19-24/h2-11,13-15,17-19,28H,12,16,20-22H2,1H3/t28-/m0/s1. The number of fused-ring (bicyclic) bond motifs is 1. The molecule has 5 heteroatoms. The lowest BCUT2D eigenvalue weighted by molar-refractivity contribution is -0.139. The molecule has 1 saturated heterocycles. The molecule has 1 aliphatic heterocycles. The largest absolute Gasteiger partial charge is 0.497 e. The minimum Gasteiger partial charge on any atom is -0.497 e. The van der Waals surface area contributed by atoms with E-state index >= 15 is 0 Å². The van der Waals surface area contributed by atoms with Crippen LogP contribution in [0.25, 0.3) is 10.8 Å². The number of hydrogen-bond donors (Lipinski definition) is 0. The Bertz CT molecular complexity index is 1350. The lowest BCUT2D eigenvalue weighted by Crippen LogP contribution is -2.57. The molecule has 0 radical (unpaired) electrons. The highest BCUT2D eigenvalue weighted by atomic mass is 16.5. The molecule has 0 aromatic heterocycles. The molecule has 2 amide bonds. The molecule has 1 fully saturated rings. The minimum absolute atomic E-state index is 0.0191. The number of piperazine rings is 1. The van der Waals surface area contributed by atoms with Crippen LogP contribution in [0, 0.1) is 0 Å². The summed E-state index contributed by atoms with van der Waals surface area (Å²) in [5.74, 6) is 0.555. The first-order valence-corrected chi connectivity index (χ1v) is 12.3. The summed E-state index contributed by atoms with van der Waals surface area (Å²) < 4.78 is 5.21. The summed E-state index contributed by atoms with van der Waals surface area (Å²) in [6.45, 7) is 1.13. The van der Waals surface area contributed by atoms with Crippen molar-refractivity contribution in [1.82, 2.24) is 9.80 Å². The normalized spacial score (nSPS) is 15.8. The Morgan fingerprint density at radius 3 is 2.33 bits per heavy atom. The lowest BCUT2D eigenvalue weighted by Gasteiger charge is -2.41. The van der Waals surface area contributed by atoms with Crippen molar-refractivity contribution in [1.29, 1.82) is 0 Å². The van der Waals surface area contributed by atoms with Crippen molar-refractivity contribution in [3.63, 3.8) is 0 Å². The lowest BCUT2D eigenvalue weighted by atomic mass is 9.99. The maximum Gasteiger partial charge on any atom is 0.254 e. The zero-order chi connectivity index (χ0) is 24.9. The molecule has 4 aromatic carbocycles. The van der Waals surface area contributed by atoms with Crippen molar-refractivity contribution in [2.24, 2.45) is 0 Å². The Kier molecular flexibility index (Phi) is 6.99. The van der Waals surface area contributed by atoms with Gasteiger partial charge in [0.1, 0.15) is 12.3 Å². The molecule has 4 aromatic rings. The van der Waals surface area contributed by atoms with Gasteiger partial charge in [-0.3, -0.25) is 9.59 Å². The van der Waals surface area contributed by atoms with E-state index in [1.807, 2.05) is 35.2 Å². The molecule has 0 bridgehead atoms. The van der Waals surface area contributed by atoms with Gasteiger partial charge in [-0.25, -0.2) is 0 Å². The number of ether oxygens (including phenoxy) is 1. The molecule has 1 atom stereocenters. The van der Waals surface area contributed by atoms with Crippen LogP contribution in [-0.2, 0) is 17.8 Å². The van der Waals surface area contributed by atoms with Gasteiger partial charge >= 0.3 is 0 Å². The molecule has 0 aliphatic carbocycles. The summed E-state index contributed by atoms with van der Waals surface area (Å²) in [4.78, 5) is 30.4. The molecule has 5 rings (SSSR count). The second-order valence-corrected chi connectivity index (χ2v) is 9.30. The maximum atomic E-state index is 13.4. The van der Waals surface area contributed by atoms with E-state index in [-0.39, 0.29) is 24.4 Å². The molecule has 182 valence electrons. The number of carbonyl (C=O) groups excluding carboxylic acids is 2. The summed E-state index contributed by atoms with van der Waals surface area (Å²) in [6.07, 6.45) is 1.63. The topological polar surface area (TPSA) is 49.9 Å². The van der Waals surface area contributed by atoms with Crippen LogP contribution in [0.3, 0.4) is 0 Å². The van der Waals surface area contributed by atoms with Crippen LogP contribution >= 0.6 is 0 Å². The van der Waals surface area contributed by atoms with E-state index in [9.17, 15) is 9.59 Å². The second-order valence-electron chi connectivity index (χ2n) is 9.30. The van der Waals surface area contributed by atoms with E-state index < -0.39 is 0 Å². The Hall–Kier alpha value is -4.12. The van der Waals surface area contributed by atoms with Crippen LogP contribution in [0.5, 0.6) is 5.75 Å². The van der Waals surface area contributed by atoms with Gasteiger partial charge in [-0.15, -0.1) is 0 Å². The molecule has 1 heterocycles. The third-order valence-corrected chi connectivity index (χ3v) is 6.92. The molecule has 0 saturated carbocycles. The summed E-state index contributed by atoms with van der Waals surface area (Å²) in [7, 11) is 1.60. The molecular weight excluding hydrogens is 448 g/mol. The maximum absolute atomic E-state index is 13.4. The number of hydrogen-bond acceptors (Lipinski definition) is 3. The van der Waals surface area contributed by atoms with Crippen molar-refractivity contribution in [2.75, 3.05) is 20.2 Å². The Labute approximate surface area is 211 Å². The molecule has 0 spiro atoms. The first kappa shape index (κ1) is 23.6. The van der Waals surface area contributed by atoms with Gasteiger partial charge in [0.15, 0.2) is 0 Å². The predicted molar refractivity (Wildman–Crippen MR) is 142 cm³/mol. The van der Waals surface area contributed by atoms with Crippen molar-refractivity contribution >= 4 is 22.6 Å². The number of aryl methyl sites for hydroxylation is 1. The van der Waals surface area contributed by atoms with Crippen LogP contribution in [0.1, 0.15) is 27.9 Å². The summed E-state index contributed by atoms with van der Waals surface area (Å²) in [6, 6.07) is 31.9. The minimum atomic E-state index is -0.124. The van der Waals surface area contributed by atoms with E-state index in [0.717, 1.165) is 23.8 Å². The van der Waals surface area contributed by atoms with Crippen molar-refractivity contribution in [3.05, 3.63) is 114 Å². The van der Waals surface area contributed by atoms with Gasteiger partial charge in [-0.1, -0.05) is 66.7 Å². The second kappa shape index (κ2) is 10.6. The zero-order valence-electron chi connectivity index (χ0n) is 20.5. The van der Waals surface area contributed by atoms with E-state index in [1.165, 1.54) is 10.9 Å². The van der Waals surface area contributed by atoms with Gasteiger partial charge in [0.25, 0.3) is 5.91 Å². The molecular formula is C31H30N2O3. The highest BCUT2D eigenvalue weighted by molar-refractivity contribution is 5.97. The fraction of sp³-hybridized carbons (Fsp3) is 0.226. The average molecular weight is 479 g/mol.